The Balaban J connectivity index is 1.87. The Kier molecular flexibility index (Phi) is 6.49. The summed E-state index contributed by atoms with van der Waals surface area (Å²) in [5.74, 6) is -1.91. The van der Waals surface area contributed by atoms with Gasteiger partial charge in [-0.05, 0) is 58.3 Å². The van der Waals surface area contributed by atoms with E-state index in [-0.39, 0.29) is 18.8 Å². The highest BCUT2D eigenvalue weighted by atomic mass is 16.6. The second-order valence-corrected chi connectivity index (χ2v) is 5.90. The van der Waals surface area contributed by atoms with Crippen LogP contribution in [0.5, 0.6) is 0 Å². The van der Waals surface area contributed by atoms with Gasteiger partial charge in [-0.2, -0.15) is 0 Å². The molecular weight excluding hydrogens is 272 g/mol. The molecule has 0 saturated heterocycles. The van der Waals surface area contributed by atoms with Crippen molar-refractivity contribution in [2.75, 3.05) is 13.2 Å². The van der Waals surface area contributed by atoms with E-state index in [0.717, 1.165) is 51.4 Å². The predicted molar refractivity (Wildman–Crippen MR) is 76.7 cm³/mol. The van der Waals surface area contributed by atoms with Crippen molar-refractivity contribution in [3.8, 4) is 0 Å². The number of hydrogen-bond donors (Lipinski definition) is 0. The molecule has 0 amide bonds. The summed E-state index contributed by atoms with van der Waals surface area (Å²) in [5.41, 5.74) is 0. The third-order valence-electron chi connectivity index (χ3n) is 4.23. The fourth-order valence-corrected chi connectivity index (χ4v) is 2.97. The number of carbonyl (C=O) groups is 2. The lowest BCUT2D eigenvalue weighted by atomic mass is 10.1. The summed E-state index contributed by atoms with van der Waals surface area (Å²) in [7, 11) is 0. The van der Waals surface area contributed by atoms with Crippen LogP contribution >= 0.6 is 0 Å². The maximum atomic E-state index is 12.2. The molecule has 2 saturated carbocycles. The van der Waals surface area contributed by atoms with Gasteiger partial charge in [0.1, 0.15) is 12.2 Å². The third kappa shape index (κ3) is 4.99. The number of hydrogen-bond acceptors (Lipinski definition) is 5. The first-order chi connectivity index (χ1) is 10.2. The van der Waals surface area contributed by atoms with Crippen LogP contribution in [0.15, 0.2) is 0 Å². The normalized spacial score (nSPS) is 20.1. The van der Waals surface area contributed by atoms with Crippen LogP contribution in [0.1, 0.15) is 58.3 Å². The van der Waals surface area contributed by atoms with Gasteiger partial charge in [0, 0.05) is 6.61 Å². The van der Waals surface area contributed by atoms with Crippen LogP contribution in [0.25, 0.3) is 0 Å². The number of carbonyl (C=O) groups excluding carboxylic acids is 2. The topological polar surface area (TPSA) is 61.8 Å². The van der Waals surface area contributed by atoms with E-state index in [2.05, 4.69) is 0 Å². The highest BCUT2D eigenvalue weighted by molar-refractivity contribution is 5.95. The molecule has 0 aromatic heterocycles. The van der Waals surface area contributed by atoms with E-state index >= 15 is 0 Å². The molecule has 2 aliphatic rings. The Bertz CT molecular complexity index is 313. The molecule has 0 bridgehead atoms. The quantitative estimate of drug-likeness (QED) is 0.534. The SMILES string of the molecule is CCOCC(C(=O)OC1CCCC1)C(=O)OC1CCCC1. The lowest BCUT2D eigenvalue weighted by molar-refractivity contribution is -0.170. The second kappa shape index (κ2) is 8.37. The van der Waals surface area contributed by atoms with Gasteiger partial charge >= 0.3 is 11.9 Å². The van der Waals surface area contributed by atoms with Gasteiger partial charge in [-0.1, -0.05) is 0 Å². The highest BCUT2D eigenvalue weighted by Crippen LogP contribution is 2.24. The van der Waals surface area contributed by atoms with Crippen LogP contribution in [0.3, 0.4) is 0 Å². The summed E-state index contributed by atoms with van der Waals surface area (Å²) < 4.78 is 16.1. The third-order valence-corrected chi connectivity index (χ3v) is 4.23. The monoisotopic (exact) mass is 298 g/mol. The standard InChI is InChI=1S/C16H26O5/c1-2-19-11-14(15(17)20-12-7-3-4-8-12)16(18)21-13-9-5-6-10-13/h12-14H,2-11H2,1H3. The summed E-state index contributed by atoms with van der Waals surface area (Å²) in [5, 5.41) is 0. The van der Waals surface area contributed by atoms with Gasteiger partial charge in [-0.25, -0.2) is 0 Å². The highest BCUT2D eigenvalue weighted by Gasteiger charge is 2.34. The van der Waals surface area contributed by atoms with Gasteiger partial charge < -0.3 is 14.2 Å². The molecule has 5 nitrogen and oxygen atoms in total. The first kappa shape index (κ1) is 16.3. The van der Waals surface area contributed by atoms with Crippen molar-refractivity contribution in [1.29, 1.82) is 0 Å². The number of esters is 2. The molecule has 21 heavy (non-hydrogen) atoms. The summed E-state index contributed by atoms with van der Waals surface area (Å²) >= 11 is 0. The van der Waals surface area contributed by atoms with E-state index in [4.69, 9.17) is 14.2 Å². The Hall–Kier alpha value is -1.10. The predicted octanol–water partition coefficient (Wildman–Crippen LogP) is 2.61. The van der Waals surface area contributed by atoms with Gasteiger partial charge in [0.05, 0.1) is 6.61 Å². The van der Waals surface area contributed by atoms with Crippen LogP contribution in [-0.4, -0.2) is 37.4 Å². The molecule has 0 aromatic carbocycles. The molecule has 0 radical (unpaired) electrons. The lowest BCUT2D eigenvalue weighted by Crippen LogP contribution is -2.35. The molecular formula is C16H26O5. The van der Waals surface area contributed by atoms with Crippen molar-refractivity contribution in [2.45, 2.75) is 70.5 Å². The lowest BCUT2D eigenvalue weighted by Gasteiger charge is -2.20. The van der Waals surface area contributed by atoms with Crippen molar-refractivity contribution < 1.29 is 23.8 Å². The van der Waals surface area contributed by atoms with Crippen LogP contribution in [0.2, 0.25) is 0 Å². The first-order valence-corrected chi connectivity index (χ1v) is 8.19. The molecule has 2 aliphatic carbocycles. The summed E-state index contributed by atoms with van der Waals surface area (Å²) in [6.45, 7) is 2.35. The maximum Gasteiger partial charge on any atom is 0.323 e. The molecule has 5 heteroatoms. The maximum absolute atomic E-state index is 12.2. The zero-order valence-corrected chi connectivity index (χ0v) is 12.8. The Morgan fingerprint density at radius 2 is 1.33 bits per heavy atom. The molecule has 0 atom stereocenters. The van der Waals surface area contributed by atoms with Crippen molar-refractivity contribution in [3.05, 3.63) is 0 Å². The number of ether oxygens (including phenoxy) is 3. The van der Waals surface area contributed by atoms with E-state index in [1.807, 2.05) is 6.92 Å². The van der Waals surface area contributed by atoms with Crippen LogP contribution in [-0.2, 0) is 23.8 Å². The molecule has 0 unspecified atom stereocenters. The second-order valence-electron chi connectivity index (χ2n) is 5.90. The average Bonchev–Trinajstić information content (AvgIpc) is 3.12. The van der Waals surface area contributed by atoms with Crippen LogP contribution < -0.4 is 0 Å². The summed E-state index contributed by atoms with van der Waals surface area (Å²) in [6, 6.07) is 0. The van der Waals surface area contributed by atoms with E-state index in [1.54, 1.807) is 0 Å². The molecule has 2 fully saturated rings. The van der Waals surface area contributed by atoms with E-state index < -0.39 is 17.9 Å². The largest absolute Gasteiger partial charge is 0.462 e. The molecule has 0 heterocycles. The van der Waals surface area contributed by atoms with Gasteiger partial charge in [-0.15, -0.1) is 0 Å². The molecule has 0 aliphatic heterocycles. The van der Waals surface area contributed by atoms with Gasteiger partial charge in [-0.3, -0.25) is 9.59 Å². The van der Waals surface area contributed by atoms with Crippen molar-refractivity contribution in [1.82, 2.24) is 0 Å². The smallest absolute Gasteiger partial charge is 0.323 e. The Morgan fingerprint density at radius 1 is 0.905 bits per heavy atom. The number of rotatable bonds is 7. The minimum Gasteiger partial charge on any atom is -0.462 e. The van der Waals surface area contributed by atoms with E-state index in [0.29, 0.717) is 6.61 Å². The van der Waals surface area contributed by atoms with E-state index in [9.17, 15) is 9.59 Å². The molecule has 0 spiro atoms. The van der Waals surface area contributed by atoms with Gasteiger partial charge in [0.25, 0.3) is 0 Å². The van der Waals surface area contributed by atoms with Crippen molar-refractivity contribution >= 4 is 11.9 Å². The average molecular weight is 298 g/mol. The van der Waals surface area contributed by atoms with Gasteiger partial charge in [0.15, 0.2) is 5.92 Å². The fraction of sp³-hybridized carbons (Fsp3) is 0.875. The zero-order valence-electron chi connectivity index (χ0n) is 12.8. The fourth-order valence-electron chi connectivity index (χ4n) is 2.97. The van der Waals surface area contributed by atoms with E-state index in [1.165, 1.54) is 0 Å². The molecule has 120 valence electrons. The minimum absolute atomic E-state index is 0.0408. The first-order valence-electron chi connectivity index (χ1n) is 8.19. The minimum atomic E-state index is -0.939. The van der Waals surface area contributed by atoms with Crippen LogP contribution in [0, 0.1) is 5.92 Å². The van der Waals surface area contributed by atoms with Crippen molar-refractivity contribution in [3.63, 3.8) is 0 Å². The summed E-state index contributed by atoms with van der Waals surface area (Å²) in [4.78, 5) is 24.4. The molecule has 0 N–H and O–H groups in total. The zero-order chi connectivity index (χ0) is 15.1. The van der Waals surface area contributed by atoms with Crippen LogP contribution in [0.4, 0.5) is 0 Å². The molecule has 0 aromatic rings. The van der Waals surface area contributed by atoms with Crippen molar-refractivity contribution in [2.24, 2.45) is 5.92 Å². The van der Waals surface area contributed by atoms with Gasteiger partial charge in [0.2, 0.25) is 0 Å². The summed E-state index contributed by atoms with van der Waals surface area (Å²) in [6.07, 6.45) is 7.83. The Morgan fingerprint density at radius 3 is 1.71 bits per heavy atom. The Labute approximate surface area is 126 Å². The molecule has 2 rings (SSSR count).